The maximum absolute atomic E-state index is 13.3. The van der Waals surface area contributed by atoms with E-state index in [1.807, 2.05) is 0 Å². The van der Waals surface area contributed by atoms with Crippen LogP contribution in [0.3, 0.4) is 0 Å². The van der Waals surface area contributed by atoms with Gasteiger partial charge in [-0.25, -0.2) is 0 Å². The topological polar surface area (TPSA) is 9.23 Å². The van der Waals surface area contributed by atoms with Gasteiger partial charge in [-0.05, 0) is 11.6 Å². The Bertz CT molecular complexity index is 321. The van der Waals surface area contributed by atoms with Crippen molar-refractivity contribution in [3.8, 4) is 0 Å². The highest BCUT2D eigenvalue weighted by molar-refractivity contribution is 5.48. The summed E-state index contributed by atoms with van der Waals surface area (Å²) < 4.78 is 31.1. The van der Waals surface area contributed by atoms with E-state index < -0.39 is 12.5 Å². The zero-order valence-electron chi connectivity index (χ0n) is 7.97. The number of benzene rings is 1. The van der Waals surface area contributed by atoms with Crippen LogP contribution >= 0.6 is 0 Å². The van der Waals surface area contributed by atoms with E-state index in [9.17, 15) is 8.78 Å². The number of methoxy groups -OCH3 is 1. The summed E-state index contributed by atoms with van der Waals surface area (Å²) in [7, 11) is 1.26. The first-order valence-electron chi connectivity index (χ1n) is 4.20. The fraction of sp³-hybridized carbons (Fsp3) is 0.273. The largest absolute Gasteiger partial charge is 0.378 e. The van der Waals surface area contributed by atoms with Gasteiger partial charge in [0.05, 0.1) is 0 Å². The molecule has 0 saturated carbocycles. The Hall–Kier alpha value is -1.22. The van der Waals surface area contributed by atoms with E-state index in [1.165, 1.54) is 25.3 Å². The molecule has 3 heteroatoms. The molecule has 0 unspecified atom stereocenters. The van der Waals surface area contributed by atoms with Crippen molar-refractivity contribution < 1.29 is 13.5 Å². The number of alkyl halides is 2. The van der Waals surface area contributed by atoms with Crippen LogP contribution in [0.2, 0.25) is 0 Å². The first-order valence-corrected chi connectivity index (χ1v) is 4.20. The van der Waals surface area contributed by atoms with Crippen molar-refractivity contribution in [2.24, 2.45) is 0 Å². The molecule has 1 aromatic carbocycles. The van der Waals surface area contributed by atoms with Crippen molar-refractivity contribution in [1.82, 2.24) is 0 Å². The molecule has 0 aromatic heterocycles. The second-order valence-electron chi connectivity index (χ2n) is 2.97. The molecule has 0 aliphatic rings. The van der Waals surface area contributed by atoms with E-state index in [2.05, 4.69) is 11.3 Å². The van der Waals surface area contributed by atoms with Gasteiger partial charge in [0.15, 0.2) is 0 Å². The highest BCUT2D eigenvalue weighted by Gasteiger charge is 2.31. The summed E-state index contributed by atoms with van der Waals surface area (Å²) in [6, 6.07) is 6.09. The molecule has 0 N–H and O–H groups in total. The average Bonchev–Trinajstić information content (AvgIpc) is 2.18. The number of halogens is 2. The summed E-state index contributed by atoms with van der Waals surface area (Å²) in [5.74, 6) is -2.94. The van der Waals surface area contributed by atoms with Gasteiger partial charge in [-0.1, -0.05) is 30.9 Å². The molecule has 1 rings (SSSR count). The Balaban J connectivity index is 2.99. The lowest BCUT2D eigenvalue weighted by Crippen LogP contribution is -2.20. The Morgan fingerprint density at radius 1 is 1.50 bits per heavy atom. The molecule has 0 atom stereocenters. The van der Waals surface area contributed by atoms with Gasteiger partial charge >= 0.3 is 0 Å². The molecule has 0 fully saturated rings. The van der Waals surface area contributed by atoms with E-state index >= 15 is 0 Å². The van der Waals surface area contributed by atoms with Gasteiger partial charge in [0.25, 0.3) is 5.92 Å². The molecule has 0 radical (unpaired) electrons. The predicted octanol–water partition coefficient (Wildman–Crippen LogP) is 3.07. The number of hydrogen-bond donors (Lipinski definition) is 0. The molecule has 0 aliphatic heterocycles. The molecule has 0 heterocycles. The highest BCUT2D eigenvalue weighted by Crippen LogP contribution is 2.28. The Morgan fingerprint density at radius 3 is 2.79 bits per heavy atom. The molecule has 0 bridgehead atoms. The molecular weight excluding hydrogens is 186 g/mol. The van der Waals surface area contributed by atoms with Crippen molar-refractivity contribution in [2.45, 2.75) is 5.92 Å². The van der Waals surface area contributed by atoms with Crippen LogP contribution in [0.1, 0.15) is 11.1 Å². The van der Waals surface area contributed by atoms with Crippen LogP contribution in [0, 0.1) is 0 Å². The van der Waals surface area contributed by atoms with Crippen LogP contribution in [0.5, 0.6) is 0 Å². The smallest absolute Gasteiger partial charge is 0.296 e. The molecule has 76 valence electrons. The van der Waals surface area contributed by atoms with Gasteiger partial charge in [0.1, 0.15) is 6.61 Å². The fourth-order valence-corrected chi connectivity index (χ4v) is 1.16. The lowest BCUT2D eigenvalue weighted by atomic mass is 10.1. The molecule has 0 aliphatic carbocycles. The van der Waals surface area contributed by atoms with Gasteiger partial charge < -0.3 is 4.74 Å². The van der Waals surface area contributed by atoms with Crippen LogP contribution in [0.15, 0.2) is 30.8 Å². The zero-order chi connectivity index (χ0) is 10.6. The van der Waals surface area contributed by atoms with E-state index in [4.69, 9.17) is 0 Å². The SMILES string of the molecule is C=Cc1cccc(C(F)(F)COC)c1. The zero-order valence-corrected chi connectivity index (χ0v) is 7.97. The summed E-state index contributed by atoms with van der Waals surface area (Å²) >= 11 is 0. The molecule has 14 heavy (non-hydrogen) atoms. The predicted molar refractivity (Wildman–Crippen MR) is 52.3 cm³/mol. The first-order chi connectivity index (χ1) is 6.60. The van der Waals surface area contributed by atoms with Crippen molar-refractivity contribution in [2.75, 3.05) is 13.7 Å². The molecule has 1 aromatic rings. The second kappa shape index (κ2) is 4.33. The minimum Gasteiger partial charge on any atom is -0.378 e. The third-order valence-electron chi connectivity index (χ3n) is 1.87. The summed E-state index contributed by atoms with van der Waals surface area (Å²) in [4.78, 5) is 0. The summed E-state index contributed by atoms with van der Waals surface area (Å²) in [6.07, 6.45) is 1.53. The second-order valence-corrected chi connectivity index (χ2v) is 2.97. The normalized spacial score (nSPS) is 11.4. The van der Waals surface area contributed by atoms with Crippen LogP contribution in [-0.4, -0.2) is 13.7 Å². The van der Waals surface area contributed by atoms with Crippen LogP contribution in [0.25, 0.3) is 6.08 Å². The highest BCUT2D eigenvalue weighted by atomic mass is 19.3. The number of ether oxygens (including phenoxy) is 1. The lowest BCUT2D eigenvalue weighted by molar-refractivity contribution is -0.0698. The third kappa shape index (κ3) is 2.39. The summed E-state index contributed by atoms with van der Waals surface area (Å²) in [6.45, 7) is 2.92. The minimum absolute atomic E-state index is 0.0447. The first kappa shape index (κ1) is 10.9. The fourth-order valence-electron chi connectivity index (χ4n) is 1.16. The van der Waals surface area contributed by atoms with Gasteiger partial charge in [0.2, 0.25) is 0 Å². The van der Waals surface area contributed by atoms with Crippen molar-refractivity contribution >= 4 is 6.08 Å². The quantitative estimate of drug-likeness (QED) is 0.722. The van der Waals surface area contributed by atoms with Crippen LogP contribution in [0.4, 0.5) is 8.78 Å². The van der Waals surface area contributed by atoms with Crippen LogP contribution < -0.4 is 0 Å². The molecule has 1 nitrogen and oxygen atoms in total. The summed E-state index contributed by atoms with van der Waals surface area (Å²) in [5.41, 5.74) is 0.634. The maximum atomic E-state index is 13.3. The minimum atomic E-state index is -2.94. The van der Waals surface area contributed by atoms with Crippen molar-refractivity contribution in [3.63, 3.8) is 0 Å². The summed E-state index contributed by atoms with van der Waals surface area (Å²) in [5, 5.41) is 0. The Labute approximate surface area is 82.0 Å². The lowest BCUT2D eigenvalue weighted by Gasteiger charge is -2.15. The van der Waals surface area contributed by atoms with E-state index in [-0.39, 0.29) is 5.56 Å². The van der Waals surface area contributed by atoms with Gasteiger partial charge in [-0.2, -0.15) is 8.78 Å². The van der Waals surface area contributed by atoms with Crippen molar-refractivity contribution in [1.29, 1.82) is 0 Å². The average molecular weight is 198 g/mol. The number of rotatable bonds is 4. The Morgan fingerprint density at radius 2 is 2.21 bits per heavy atom. The van der Waals surface area contributed by atoms with Crippen LogP contribution in [-0.2, 0) is 10.7 Å². The Kier molecular flexibility index (Phi) is 3.36. The molecule has 0 saturated heterocycles. The number of hydrogen-bond acceptors (Lipinski definition) is 1. The van der Waals surface area contributed by atoms with Gasteiger partial charge in [0, 0.05) is 12.7 Å². The standard InChI is InChI=1S/C11H12F2O/c1-3-9-5-4-6-10(7-9)11(12,13)8-14-2/h3-7H,1,8H2,2H3. The van der Waals surface area contributed by atoms with E-state index in [0.717, 1.165) is 0 Å². The molecule has 0 amide bonds. The van der Waals surface area contributed by atoms with Gasteiger partial charge in [-0.3, -0.25) is 0 Å². The van der Waals surface area contributed by atoms with Gasteiger partial charge in [-0.15, -0.1) is 0 Å². The maximum Gasteiger partial charge on any atom is 0.296 e. The van der Waals surface area contributed by atoms with E-state index in [1.54, 1.807) is 12.1 Å². The van der Waals surface area contributed by atoms with Crippen molar-refractivity contribution in [3.05, 3.63) is 42.0 Å². The van der Waals surface area contributed by atoms with E-state index in [0.29, 0.717) is 5.56 Å². The molecular formula is C11H12F2O. The molecule has 0 spiro atoms. The third-order valence-corrected chi connectivity index (χ3v) is 1.87. The monoisotopic (exact) mass is 198 g/mol.